The Hall–Kier alpha value is -4.68. The smallest absolute Gasteiger partial charge is 0.311 e. The predicted molar refractivity (Wildman–Crippen MR) is 196 cm³/mol. The maximum atomic E-state index is 13.7. The summed E-state index contributed by atoms with van der Waals surface area (Å²) in [7, 11) is 10.3. The molecule has 0 radical (unpaired) electrons. The molecule has 0 unspecified atom stereocenters. The van der Waals surface area contributed by atoms with Crippen LogP contribution in [0.25, 0.3) is 0 Å². The Labute approximate surface area is 315 Å². The van der Waals surface area contributed by atoms with Gasteiger partial charge in [0.25, 0.3) is 0 Å². The summed E-state index contributed by atoms with van der Waals surface area (Å²) in [6.07, 6.45) is 6.66. The molecule has 0 amide bonds. The van der Waals surface area contributed by atoms with Gasteiger partial charge in [-0.2, -0.15) is 0 Å². The normalized spacial score (nSPS) is 29.7. The van der Waals surface area contributed by atoms with Gasteiger partial charge >= 0.3 is 11.9 Å². The number of likely N-dealkylation sites (tertiary alicyclic amines) is 2. The maximum Gasteiger partial charge on any atom is 0.311 e. The van der Waals surface area contributed by atoms with Crippen molar-refractivity contribution in [1.29, 1.82) is 0 Å². The summed E-state index contributed by atoms with van der Waals surface area (Å²) < 4.78 is 34.8. The lowest BCUT2D eigenvalue weighted by atomic mass is 9.53. The Kier molecular flexibility index (Phi) is 9.12. The lowest BCUT2D eigenvalue weighted by molar-refractivity contribution is -0.141. The first-order chi connectivity index (χ1) is 26.0. The number of methoxy groups -OCH3 is 4. The van der Waals surface area contributed by atoms with Gasteiger partial charge in [0.1, 0.15) is 0 Å². The van der Waals surface area contributed by atoms with Crippen molar-refractivity contribution in [2.75, 3.05) is 55.6 Å². The third-order valence-electron chi connectivity index (χ3n) is 13.3. The summed E-state index contributed by atoms with van der Waals surface area (Å²) in [6, 6.07) is 7.91. The molecule has 2 saturated heterocycles. The fraction of sp³-hybridized carbons (Fsp3) is 0.524. The average molecular weight is 741 g/mol. The number of carbonyl (C=O) groups is 4. The van der Waals surface area contributed by atoms with E-state index in [1.165, 1.54) is 28.4 Å². The lowest BCUT2D eigenvalue weighted by Gasteiger charge is -2.56. The highest BCUT2D eigenvalue weighted by molar-refractivity contribution is 5.97. The second-order valence-electron chi connectivity index (χ2n) is 15.7. The van der Waals surface area contributed by atoms with E-state index < -0.39 is 22.8 Å². The standard InChI is InChI=1S/C42H48N2O10/c1-43-15-13-41-21-29(45)33(51-5)19-25(41)27(43)17-23-7-9-31(49-3)39(37(23)41)53-35(47)11-12-36(48)54-40-32(50-4)10-8-24-18-28-26-20-34(52-6)30(46)22-42(26,38(24)40)14-16-44(28)2/h7-10,19-20,25-28H,11-18,21-22H2,1-6H3/t25-,26-,27+,28+,41-,42-/m1/s1. The summed E-state index contributed by atoms with van der Waals surface area (Å²) in [5, 5.41) is 0. The first kappa shape index (κ1) is 36.3. The summed E-state index contributed by atoms with van der Waals surface area (Å²) >= 11 is 0. The van der Waals surface area contributed by atoms with Crippen LogP contribution in [0.3, 0.4) is 0 Å². The molecule has 4 aliphatic carbocycles. The number of esters is 2. The number of piperidine rings is 2. The summed E-state index contributed by atoms with van der Waals surface area (Å²) in [4.78, 5) is 58.8. The Morgan fingerprint density at radius 3 is 1.43 bits per heavy atom. The Morgan fingerprint density at radius 1 is 0.648 bits per heavy atom. The fourth-order valence-electron chi connectivity index (χ4n) is 10.8. The van der Waals surface area contributed by atoms with Gasteiger partial charge in [-0.15, -0.1) is 0 Å². The highest BCUT2D eigenvalue weighted by atomic mass is 16.6. The molecule has 54 heavy (non-hydrogen) atoms. The molecule has 0 N–H and O–H groups in total. The second-order valence-corrected chi connectivity index (χ2v) is 15.7. The number of ketones is 2. The SMILES string of the molecule is COC1=C[C@@H]2[C@@H]3Cc4ccc(OC)c(OC(=O)CCC(=O)Oc5c(OC)ccc6c5[C@@]57CCN(C)[C@@H](C6)[C@H]5C=C(OC)C(=O)C7)c4[C@]2(CCN3C)CC1=O. The van der Waals surface area contributed by atoms with Gasteiger partial charge in [-0.3, -0.25) is 19.2 Å². The topological polar surface area (TPSA) is 130 Å². The van der Waals surface area contributed by atoms with Crippen LogP contribution in [0.5, 0.6) is 23.0 Å². The van der Waals surface area contributed by atoms with Gasteiger partial charge in [0.2, 0.25) is 0 Å². The Morgan fingerprint density at radius 2 is 1.06 bits per heavy atom. The van der Waals surface area contributed by atoms with E-state index in [-0.39, 0.29) is 61.2 Å². The molecule has 0 saturated carbocycles. The summed E-state index contributed by atoms with van der Waals surface area (Å²) in [6.45, 7) is 1.56. The van der Waals surface area contributed by atoms with E-state index in [1.807, 2.05) is 24.3 Å². The lowest BCUT2D eigenvalue weighted by Crippen LogP contribution is -2.60. The highest BCUT2D eigenvalue weighted by Gasteiger charge is 2.58. The molecule has 4 bridgehead atoms. The minimum absolute atomic E-state index is 0.0299. The van der Waals surface area contributed by atoms with Gasteiger partial charge in [-0.25, -0.2) is 0 Å². The number of allylic oxidation sites excluding steroid dienone is 2. The van der Waals surface area contributed by atoms with Crippen LogP contribution in [0, 0.1) is 11.8 Å². The largest absolute Gasteiger partial charge is 0.493 e. The van der Waals surface area contributed by atoms with Crippen LogP contribution < -0.4 is 18.9 Å². The minimum atomic E-state index is -0.620. The van der Waals surface area contributed by atoms with E-state index in [0.717, 1.165) is 35.3 Å². The summed E-state index contributed by atoms with van der Waals surface area (Å²) in [5.74, 6) is 0.656. The molecular weight excluding hydrogens is 692 g/mol. The minimum Gasteiger partial charge on any atom is -0.493 e. The fourth-order valence-corrected chi connectivity index (χ4v) is 10.8. The van der Waals surface area contributed by atoms with Crippen molar-refractivity contribution in [2.24, 2.45) is 11.8 Å². The number of ether oxygens (including phenoxy) is 6. The molecule has 2 aromatic carbocycles. The van der Waals surface area contributed by atoms with Crippen LogP contribution in [0.1, 0.15) is 60.8 Å². The van der Waals surface area contributed by atoms with Crippen LogP contribution in [0.4, 0.5) is 0 Å². The van der Waals surface area contributed by atoms with Gasteiger partial charge in [-0.1, -0.05) is 12.1 Å². The van der Waals surface area contributed by atoms with Crippen molar-refractivity contribution in [3.8, 4) is 23.0 Å². The van der Waals surface area contributed by atoms with Crippen molar-refractivity contribution < 1.29 is 47.6 Å². The molecule has 2 aromatic rings. The molecule has 6 atom stereocenters. The van der Waals surface area contributed by atoms with E-state index in [9.17, 15) is 19.2 Å². The van der Waals surface area contributed by atoms with Crippen LogP contribution >= 0.6 is 0 Å². The number of hydrogen-bond donors (Lipinski definition) is 0. The van der Waals surface area contributed by atoms with Crippen molar-refractivity contribution in [3.63, 3.8) is 0 Å². The molecule has 2 heterocycles. The molecule has 0 aromatic heterocycles. The van der Waals surface area contributed by atoms with Crippen molar-refractivity contribution in [1.82, 2.24) is 9.80 Å². The quantitative estimate of drug-likeness (QED) is 0.270. The third kappa shape index (κ3) is 5.46. The molecule has 12 heteroatoms. The number of nitrogens with zero attached hydrogens (tertiary/aromatic N) is 2. The van der Waals surface area contributed by atoms with Crippen LogP contribution in [0.2, 0.25) is 0 Å². The molecule has 6 aliphatic rings. The number of benzene rings is 2. The van der Waals surface area contributed by atoms with Crippen LogP contribution in [-0.2, 0) is 52.3 Å². The highest BCUT2D eigenvalue weighted by Crippen LogP contribution is 2.59. The second kappa shape index (κ2) is 13.6. The number of rotatable bonds is 9. The number of Topliss-reactive ketones (excluding diaryl/α,β-unsaturated/α-hetero) is 2. The molecule has 8 rings (SSSR count). The van der Waals surface area contributed by atoms with Gasteiger partial charge in [-0.05, 0) is 88.3 Å². The van der Waals surface area contributed by atoms with E-state index >= 15 is 0 Å². The average Bonchev–Trinajstić information content (AvgIpc) is 3.16. The molecule has 12 nitrogen and oxygen atoms in total. The van der Waals surface area contributed by atoms with Crippen LogP contribution in [-0.4, -0.2) is 101 Å². The number of likely N-dealkylation sites (N-methyl/N-ethyl adjacent to an activating group) is 2. The van der Waals surface area contributed by atoms with Crippen molar-refractivity contribution >= 4 is 23.5 Å². The maximum absolute atomic E-state index is 13.7. The molecular formula is C42H48N2O10. The monoisotopic (exact) mass is 740 g/mol. The van der Waals surface area contributed by atoms with Gasteiger partial charge in [0.15, 0.2) is 46.1 Å². The molecule has 2 aliphatic heterocycles. The van der Waals surface area contributed by atoms with Gasteiger partial charge < -0.3 is 38.2 Å². The molecule has 2 fully saturated rings. The third-order valence-corrected chi connectivity index (χ3v) is 13.3. The Balaban J connectivity index is 1.07. The van der Waals surface area contributed by atoms with E-state index in [0.29, 0.717) is 60.2 Å². The van der Waals surface area contributed by atoms with Gasteiger partial charge in [0.05, 0.1) is 41.3 Å². The first-order valence-corrected chi connectivity index (χ1v) is 18.8. The molecule has 0 spiro atoms. The zero-order chi connectivity index (χ0) is 38.1. The van der Waals surface area contributed by atoms with E-state index in [1.54, 1.807) is 12.1 Å². The van der Waals surface area contributed by atoms with Crippen LogP contribution in [0.15, 0.2) is 47.9 Å². The number of fused-ring (bicyclic) bond motifs is 2. The Bertz CT molecular complexity index is 1860. The first-order valence-electron chi connectivity index (χ1n) is 18.8. The van der Waals surface area contributed by atoms with Gasteiger partial charge in [0, 0.05) is 58.7 Å². The number of hydrogen-bond acceptors (Lipinski definition) is 12. The zero-order valence-electron chi connectivity index (χ0n) is 31.8. The molecule has 286 valence electrons. The van der Waals surface area contributed by atoms with E-state index in [2.05, 4.69) is 23.9 Å². The summed E-state index contributed by atoms with van der Waals surface area (Å²) in [5.41, 5.74) is 2.48. The number of carbonyl (C=O) groups excluding carboxylic acids is 4. The van der Waals surface area contributed by atoms with Crippen molar-refractivity contribution in [2.45, 2.75) is 74.3 Å². The predicted octanol–water partition coefficient (Wildman–Crippen LogP) is 4.23. The van der Waals surface area contributed by atoms with E-state index in [4.69, 9.17) is 28.4 Å². The zero-order valence-corrected chi connectivity index (χ0v) is 31.8. The van der Waals surface area contributed by atoms with Crippen molar-refractivity contribution in [3.05, 3.63) is 70.2 Å².